The Labute approximate surface area is 69.1 Å². The van der Waals surface area contributed by atoms with E-state index in [1.807, 2.05) is 0 Å². The first kappa shape index (κ1) is 8.33. The van der Waals surface area contributed by atoms with E-state index in [0.717, 1.165) is 0 Å². The van der Waals surface area contributed by atoms with E-state index >= 15 is 0 Å². The highest BCUT2D eigenvalue weighted by molar-refractivity contribution is 6.62. The lowest BCUT2D eigenvalue weighted by Gasteiger charge is -2.35. The van der Waals surface area contributed by atoms with Gasteiger partial charge in [-0.2, -0.15) is 0 Å². The van der Waals surface area contributed by atoms with E-state index in [2.05, 4.69) is 4.74 Å². The fourth-order valence-electron chi connectivity index (χ4n) is 0.938. The maximum absolute atomic E-state index is 10.8. The standard InChI is InChI=1S/C6H8ClNO3/c1-11-5(9)4-2-8(3-4)6(7)10/h4H,2-3H2,1H3. The number of nitrogens with zero attached hydrogens (tertiary/aromatic N) is 1. The Kier molecular flexibility index (Phi) is 2.34. The van der Waals surface area contributed by atoms with Gasteiger partial charge in [0.15, 0.2) is 0 Å². The highest BCUT2D eigenvalue weighted by Crippen LogP contribution is 2.18. The van der Waals surface area contributed by atoms with E-state index < -0.39 is 5.37 Å². The smallest absolute Gasteiger partial charge is 0.316 e. The van der Waals surface area contributed by atoms with Gasteiger partial charge in [0.1, 0.15) is 0 Å². The van der Waals surface area contributed by atoms with Gasteiger partial charge in [0, 0.05) is 13.1 Å². The number of halogens is 1. The van der Waals surface area contributed by atoms with Crippen LogP contribution in [0.25, 0.3) is 0 Å². The molecule has 1 amide bonds. The highest BCUT2D eigenvalue weighted by atomic mass is 35.5. The van der Waals surface area contributed by atoms with Crippen LogP contribution in [0.4, 0.5) is 4.79 Å². The molecule has 0 aromatic rings. The van der Waals surface area contributed by atoms with Crippen molar-refractivity contribution < 1.29 is 14.3 Å². The van der Waals surface area contributed by atoms with Crippen LogP contribution in [0.1, 0.15) is 0 Å². The fraction of sp³-hybridized carbons (Fsp3) is 0.667. The van der Waals surface area contributed by atoms with E-state index in [1.54, 1.807) is 0 Å². The topological polar surface area (TPSA) is 46.6 Å². The molecule has 5 heteroatoms. The van der Waals surface area contributed by atoms with Crippen LogP contribution in [0.2, 0.25) is 0 Å². The van der Waals surface area contributed by atoms with E-state index in [4.69, 9.17) is 11.6 Å². The zero-order valence-electron chi connectivity index (χ0n) is 6.04. The van der Waals surface area contributed by atoms with Crippen LogP contribution in [-0.2, 0) is 9.53 Å². The van der Waals surface area contributed by atoms with Gasteiger partial charge in [0.25, 0.3) is 0 Å². The normalized spacial score (nSPS) is 17.5. The number of carbonyl (C=O) groups is 2. The van der Waals surface area contributed by atoms with Crippen molar-refractivity contribution in [2.45, 2.75) is 0 Å². The minimum absolute atomic E-state index is 0.178. The molecule has 1 fully saturated rings. The molecular formula is C6H8ClNO3. The Morgan fingerprint density at radius 1 is 1.55 bits per heavy atom. The molecule has 1 rings (SSSR count). The minimum atomic E-state index is -0.509. The summed E-state index contributed by atoms with van der Waals surface area (Å²) >= 11 is 5.13. The lowest BCUT2D eigenvalue weighted by atomic mass is 10.0. The third kappa shape index (κ3) is 1.63. The molecule has 0 unspecified atom stereocenters. The summed E-state index contributed by atoms with van der Waals surface area (Å²) in [5.74, 6) is -0.457. The second-order valence-corrected chi connectivity index (χ2v) is 2.70. The summed E-state index contributed by atoms with van der Waals surface area (Å²) < 4.78 is 4.46. The number of amides is 1. The van der Waals surface area contributed by atoms with Crippen LogP contribution in [0.5, 0.6) is 0 Å². The summed E-state index contributed by atoms with van der Waals surface area (Å²) in [6, 6.07) is 0. The zero-order valence-corrected chi connectivity index (χ0v) is 6.80. The molecule has 11 heavy (non-hydrogen) atoms. The van der Waals surface area contributed by atoms with E-state index in [0.29, 0.717) is 13.1 Å². The molecule has 1 heterocycles. The van der Waals surface area contributed by atoms with Gasteiger partial charge in [0.2, 0.25) is 0 Å². The van der Waals surface area contributed by atoms with Gasteiger partial charge in [-0.05, 0) is 11.6 Å². The van der Waals surface area contributed by atoms with Crippen LogP contribution in [-0.4, -0.2) is 36.4 Å². The maximum atomic E-state index is 10.8. The van der Waals surface area contributed by atoms with Gasteiger partial charge in [-0.15, -0.1) is 0 Å². The molecule has 1 aliphatic rings. The molecule has 1 aliphatic heterocycles. The average molecular weight is 178 g/mol. The van der Waals surface area contributed by atoms with Gasteiger partial charge in [0.05, 0.1) is 13.0 Å². The molecular weight excluding hydrogens is 170 g/mol. The monoisotopic (exact) mass is 177 g/mol. The number of methoxy groups -OCH3 is 1. The average Bonchev–Trinajstić information content (AvgIpc) is 1.83. The Morgan fingerprint density at radius 2 is 2.09 bits per heavy atom. The van der Waals surface area contributed by atoms with Crippen molar-refractivity contribution in [2.24, 2.45) is 5.92 Å². The van der Waals surface area contributed by atoms with Crippen LogP contribution < -0.4 is 0 Å². The van der Waals surface area contributed by atoms with Crippen LogP contribution >= 0.6 is 11.6 Å². The largest absolute Gasteiger partial charge is 0.469 e. The summed E-state index contributed by atoms with van der Waals surface area (Å²) in [4.78, 5) is 22.6. The maximum Gasteiger partial charge on any atom is 0.316 e. The molecule has 4 nitrogen and oxygen atoms in total. The van der Waals surface area contributed by atoms with E-state index in [9.17, 15) is 9.59 Å². The number of rotatable bonds is 1. The lowest BCUT2D eigenvalue weighted by molar-refractivity contribution is -0.149. The molecule has 0 spiro atoms. The molecule has 0 aliphatic carbocycles. The number of hydrogen-bond donors (Lipinski definition) is 0. The van der Waals surface area contributed by atoms with Gasteiger partial charge >= 0.3 is 11.3 Å². The molecule has 0 radical (unpaired) electrons. The quantitative estimate of drug-likeness (QED) is 0.332. The van der Waals surface area contributed by atoms with Gasteiger partial charge in [-0.3, -0.25) is 9.59 Å². The van der Waals surface area contributed by atoms with E-state index in [-0.39, 0.29) is 11.9 Å². The number of hydrogen-bond acceptors (Lipinski definition) is 3. The first-order valence-corrected chi connectivity index (χ1v) is 3.55. The van der Waals surface area contributed by atoms with Crippen molar-refractivity contribution in [3.05, 3.63) is 0 Å². The molecule has 0 N–H and O–H groups in total. The molecule has 0 saturated carbocycles. The second-order valence-electron chi connectivity index (χ2n) is 2.38. The van der Waals surface area contributed by atoms with Crippen molar-refractivity contribution >= 4 is 22.9 Å². The lowest BCUT2D eigenvalue weighted by Crippen LogP contribution is -2.51. The fourth-order valence-corrected chi connectivity index (χ4v) is 1.08. The molecule has 62 valence electrons. The Morgan fingerprint density at radius 3 is 2.45 bits per heavy atom. The summed E-state index contributed by atoms with van der Waals surface area (Å²) in [7, 11) is 1.33. The van der Waals surface area contributed by atoms with Crippen LogP contribution in [0.15, 0.2) is 0 Å². The number of carbonyl (C=O) groups excluding carboxylic acids is 2. The summed E-state index contributed by atoms with van der Waals surface area (Å²) in [5.41, 5.74) is 0. The van der Waals surface area contributed by atoms with Crippen molar-refractivity contribution in [3.63, 3.8) is 0 Å². The first-order chi connectivity index (χ1) is 5.15. The summed E-state index contributed by atoms with van der Waals surface area (Å²) in [5, 5.41) is -0.509. The van der Waals surface area contributed by atoms with Crippen LogP contribution in [0, 0.1) is 5.92 Å². The molecule has 1 saturated heterocycles. The molecule has 0 aromatic carbocycles. The van der Waals surface area contributed by atoms with Crippen molar-refractivity contribution in [2.75, 3.05) is 20.2 Å². The second kappa shape index (κ2) is 3.09. The third-order valence-electron chi connectivity index (χ3n) is 1.66. The van der Waals surface area contributed by atoms with Crippen molar-refractivity contribution in [1.29, 1.82) is 0 Å². The van der Waals surface area contributed by atoms with Crippen LogP contribution in [0.3, 0.4) is 0 Å². The number of ether oxygens (including phenoxy) is 1. The predicted octanol–water partition coefficient (Wildman–Crippen LogP) is 0.450. The molecule has 0 atom stereocenters. The predicted molar refractivity (Wildman–Crippen MR) is 38.3 cm³/mol. The van der Waals surface area contributed by atoms with Gasteiger partial charge in [-0.1, -0.05) is 0 Å². The van der Waals surface area contributed by atoms with Gasteiger partial charge in [-0.25, -0.2) is 0 Å². The Hall–Kier alpha value is -0.770. The minimum Gasteiger partial charge on any atom is -0.469 e. The third-order valence-corrected chi connectivity index (χ3v) is 1.90. The van der Waals surface area contributed by atoms with E-state index in [1.165, 1.54) is 12.0 Å². The molecule has 0 bridgehead atoms. The zero-order chi connectivity index (χ0) is 8.43. The van der Waals surface area contributed by atoms with Gasteiger partial charge < -0.3 is 9.64 Å². The Bertz CT molecular complexity index is 188. The molecule has 0 aromatic heterocycles. The van der Waals surface area contributed by atoms with Crippen molar-refractivity contribution in [3.8, 4) is 0 Å². The number of likely N-dealkylation sites (tertiary alicyclic amines) is 1. The number of esters is 1. The highest BCUT2D eigenvalue weighted by Gasteiger charge is 2.35. The SMILES string of the molecule is COC(=O)C1CN(C(=O)Cl)C1. The Balaban J connectivity index is 2.29. The first-order valence-electron chi connectivity index (χ1n) is 3.17. The summed E-state index contributed by atoms with van der Waals surface area (Å²) in [6.45, 7) is 0.768. The van der Waals surface area contributed by atoms with Crippen molar-refractivity contribution in [1.82, 2.24) is 4.90 Å². The summed E-state index contributed by atoms with van der Waals surface area (Å²) in [6.07, 6.45) is 0.